The van der Waals surface area contributed by atoms with Crippen molar-refractivity contribution in [2.45, 2.75) is 19.4 Å². The van der Waals surface area contributed by atoms with Gasteiger partial charge in [-0.15, -0.1) is 0 Å². The lowest BCUT2D eigenvalue weighted by molar-refractivity contribution is -0.138. The maximum Gasteiger partial charge on any atom is 0.252 e. The number of likely N-dealkylation sites (N-methyl/N-ethyl adjacent to an activating group) is 1. The first kappa shape index (κ1) is 10.6. The number of hydrogen-bond acceptors (Lipinski definition) is 4. The van der Waals surface area contributed by atoms with Crippen molar-refractivity contribution >= 4 is 17.5 Å². The number of nitrogens with one attached hydrogen (secondary N) is 1. The molecule has 1 aromatic rings. The van der Waals surface area contributed by atoms with Crippen LogP contribution in [-0.2, 0) is 9.59 Å². The van der Waals surface area contributed by atoms with Crippen molar-refractivity contribution in [3.05, 3.63) is 24.5 Å². The van der Waals surface area contributed by atoms with Gasteiger partial charge in [0.05, 0.1) is 12.1 Å². The molecule has 16 heavy (non-hydrogen) atoms. The van der Waals surface area contributed by atoms with E-state index in [-0.39, 0.29) is 18.2 Å². The van der Waals surface area contributed by atoms with Gasteiger partial charge in [0.1, 0.15) is 6.04 Å². The Morgan fingerprint density at radius 3 is 2.94 bits per heavy atom. The summed E-state index contributed by atoms with van der Waals surface area (Å²) in [6, 6.07) is 3.15. The van der Waals surface area contributed by atoms with Crippen molar-refractivity contribution in [2.75, 3.05) is 11.9 Å². The van der Waals surface area contributed by atoms with Crippen molar-refractivity contribution in [3.8, 4) is 0 Å². The van der Waals surface area contributed by atoms with E-state index in [4.69, 9.17) is 0 Å². The Labute approximate surface area is 93.5 Å². The second kappa shape index (κ2) is 4.30. The lowest BCUT2D eigenvalue weighted by atomic mass is 10.2. The Hall–Kier alpha value is -1.91. The van der Waals surface area contributed by atoms with Crippen molar-refractivity contribution < 1.29 is 9.59 Å². The van der Waals surface area contributed by atoms with Crippen LogP contribution in [0.4, 0.5) is 5.69 Å². The molecule has 5 nitrogen and oxygen atoms in total. The number of nitrogens with zero attached hydrogens (tertiary/aromatic N) is 2. The third kappa shape index (κ3) is 1.88. The molecular formula is C11H13N3O2. The van der Waals surface area contributed by atoms with Gasteiger partial charge in [0.15, 0.2) is 0 Å². The summed E-state index contributed by atoms with van der Waals surface area (Å²) < 4.78 is 0. The number of carbonyl (C=O) groups excluding carboxylic acids is 2. The molecule has 1 saturated heterocycles. The highest BCUT2D eigenvalue weighted by Gasteiger charge is 2.37. The lowest BCUT2D eigenvalue weighted by Crippen LogP contribution is -2.34. The maximum atomic E-state index is 11.8. The van der Waals surface area contributed by atoms with Crippen molar-refractivity contribution in [3.63, 3.8) is 0 Å². The number of carbonyl (C=O) groups is 2. The zero-order valence-electron chi connectivity index (χ0n) is 9.01. The van der Waals surface area contributed by atoms with Crippen LogP contribution in [-0.4, -0.2) is 34.3 Å². The van der Waals surface area contributed by atoms with Gasteiger partial charge in [-0.3, -0.25) is 19.5 Å². The highest BCUT2D eigenvalue weighted by Crippen LogP contribution is 2.17. The van der Waals surface area contributed by atoms with Crippen LogP contribution in [0.5, 0.6) is 0 Å². The van der Waals surface area contributed by atoms with Crippen LogP contribution in [0.25, 0.3) is 0 Å². The highest BCUT2D eigenvalue weighted by atomic mass is 16.2. The Kier molecular flexibility index (Phi) is 2.85. The molecule has 0 aromatic carbocycles. The minimum absolute atomic E-state index is 0.117. The maximum absolute atomic E-state index is 11.8. The summed E-state index contributed by atoms with van der Waals surface area (Å²) in [6.45, 7) is 2.23. The quantitative estimate of drug-likeness (QED) is 0.758. The Morgan fingerprint density at radius 2 is 2.38 bits per heavy atom. The molecule has 2 amide bonds. The molecule has 2 rings (SSSR count). The molecular weight excluding hydrogens is 206 g/mol. The number of aromatic nitrogens is 1. The van der Waals surface area contributed by atoms with Crippen molar-refractivity contribution in [2.24, 2.45) is 0 Å². The van der Waals surface area contributed by atoms with Gasteiger partial charge < -0.3 is 5.32 Å². The zero-order chi connectivity index (χ0) is 11.5. The number of likely N-dealkylation sites (tertiary alicyclic amines) is 1. The smallest absolute Gasteiger partial charge is 0.252 e. The summed E-state index contributed by atoms with van der Waals surface area (Å²) in [4.78, 5) is 28.4. The summed E-state index contributed by atoms with van der Waals surface area (Å²) in [7, 11) is 0. The van der Waals surface area contributed by atoms with E-state index in [0.717, 1.165) is 5.69 Å². The largest absolute Gasteiger partial charge is 0.372 e. The van der Waals surface area contributed by atoms with Gasteiger partial charge in [0, 0.05) is 18.9 Å². The van der Waals surface area contributed by atoms with E-state index >= 15 is 0 Å². The fourth-order valence-corrected chi connectivity index (χ4v) is 1.78. The third-order valence-corrected chi connectivity index (χ3v) is 2.56. The first-order valence-corrected chi connectivity index (χ1v) is 5.23. The fraction of sp³-hybridized carbons (Fsp3) is 0.364. The number of pyridine rings is 1. The van der Waals surface area contributed by atoms with E-state index < -0.39 is 6.04 Å². The van der Waals surface area contributed by atoms with E-state index in [1.54, 1.807) is 25.4 Å². The molecule has 2 heterocycles. The summed E-state index contributed by atoms with van der Waals surface area (Å²) >= 11 is 0. The van der Waals surface area contributed by atoms with Crippen LogP contribution in [0.1, 0.15) is 13.3 Å². The SMILES string of the molecule is CCN1C(=O)CC(Nc2cccnc2)C1=O. The summed E-state index contributed by atoms with van der Waals surface area (Å²) in [6.07, 6.45) is 3.51. The molecule has 1 aromatic heterocycles. The average molecular weight is 219 g/mol. The summed E-state index contributed by atoms with van der Waals surface area (Å²) in [5.41, 5.74) is 0.756. The first-order chi connectivity index (χ1) is 7.72. The predicted octanol–water partition coefficient (Wildman–Crippen LogP) is 0.641. The Bertz CT molecular complexity index is 405. The van der Waals surface area contributed by atoms with Crippen LogP contribution >= 0.6 is 0 Å². The molecule has 1 N–H and O–H groups in total. The molecule has 0 bridgehead atoms. The van der Waals surface area contributed by atoms with Crippen LogP contribution < -0.4 is 5.32 Å². The third-order valence-electron chi connectivity index (χ3n) is 2.56. The predicted molar refractivity (Wildman–Crippen MR) is 58.7 cm³/mol. The number of anilines is 1. The monoisotopic (exact) mass is 219 g/mol. The highest BCUT2D eigenvalue weighted by molar-refractivity contribution is 6.06. The minimum Gasteiger partial charge on any atom is -0.372 e. The Morgan fingerprint density at radius 1 is 1.56 bits per heavy atom. The minimum atomic E-state index is -0.448. The normalized spacial score (nSPS) is 20.3. The molecule has 84 valence electrons. The molecule has 0 aliphatic carbocycles. The zero-order valence-corrected chi connectivity index (χ0v) is 9.01. The van der Waals surface area contributed by atoms with E-state index in [1.807, 2.05) is 6.07 Å². The average Bonchev–Trinajstić information content (AvgIpc) is 2.55. The molecule has 1 aliphatic rings. The van der Waals surface area contributed by atoms with E-state index in [2.05, 4.69) is 10.3 Å². The van der Waals surface area contributed by atoms with Gasteiger partial charge in [0.2, 0.25) is 5.91 Å². The molecule has 0 radical (unpaired) electrons. The van der Waals surface area contributed by atoms with Crippen LogP contribution in [0, 0.1) is 0 Å². The standard InChI is InChI=1S/C11H13N3O2/c1-2-14-10(15)6-9(11(14)16)13-8-4-3-5-12-7-8/h3-5,7,9,13H,2,6H2,1H3. The number of rotatable bonds is 3. The van der Waals surface area contributed by atoms with Gasteiger partial charge in [0.25, 0.3) is 5.91 Å². The molecule has 5 heteroatoms. The second-order valence-electron chi connectivity index (χ2n) is 3.62. The molecule has 0 saturated carbocycles. The lowest BCUT2D eigenvalue weighted by Gasteiger charge is -2.13. The molecule has 0 spiro atoms. The number of hydrogen-bond donors (Lipinski definition) is 1. The van der Waals surface area contributed by atoms with Crippen molar-refractivity contribution in [1.29, 1.82) is 0 Å². The van der Waals surface area contributed by atoms with Crippen LogP contribution in [0.3, 0.4) is 0 Å². The summed E-state index contributed by atoms with van der Waals surface area (Å²) in [5.74, 6) is -0.273. The number of imide groups is 1. The van der Waals surface area contributed by atoms with Gasteiger partial charge >= 0.3 is 0 Å². The fourth-order valence-electron chi connectivity index (χ4n) is 1.78. The van der Waals surface area contributed by atoms with E-state index in [1.165, 1.54) is 4.90 Å². The van der Waals surface area contributed by atoms with Gasteiger partial charge in [-0.25, -0.2) is 0 Å². The van der Waals surface area contributed by atoms with Crippen LogP contribution in [0.15, 0.2) is 24.5 Å². The molecule has 1 aliphatic heterocycles. The van der Waals surface area contributed by atoms with E-state index in [9.17, 15) is 9.59 Å². The van der Waals surface area contributed by atoms with Gasteiger partial charge in [-0.05, 0) is 19.1 Å². The van der Waals surface area contributed by atoms with Crippen molar-refractivity contribution in [1.82, 2.24) is 9.88 Å². The summed E-state index contributed by atoms with van der Waals surface area (Å²) in [5, 5.41) is 3.01. The van der Waals surface area contributed by atoms with E-state index in [0.29, 0.717) is 6.54 Å². The second-order valence-corrected chi connectivity index (χ2v) is 3.62. The Balaban J connectivity index is 2.08. The molecule has 1 unspecified atom stereocenters. The van der Waals surface area contributed by atoms with Gasteiger partial charge in [-0.2, -0.15) is 0 Å². The molecule has 1 fully saturated rings. The van der Waals surface area contributed by atoms with Gasteiger partial charge in [-0.1, -0.05) is 0 Å². The first-order valence-electron chi connectivity index (χ1n) is 5.23. The molecule has 1 atom stereocenters. The topological polar surface area (TPSA) is 62.3 Å². The van der Waals surface area contributed by atoms with Crippen LogP contribution in [0.2, 0.25) is 0 Å². The number of amides is 2.